The molecule has 0 radical (unpaired) electrons. The van der Waals surface area contributed by atoms with Gasteiger partial charge in [0, 0.05) is 14.6 Å². The molecule has 51 heavy (non-hydrogen) atoms. The first-order valence-corrected chi connectivity index (χ1v) is 24.0. The van der Waals surface area contributed by atoms with Crippen LogP contribution >= 0.6 is 0 Å². The van der Waals surface area contributed by atoms with Crippen molar-refractivity contribution >= 4 is 0 Å². The zero-order valence-corrected chi connectivity index (χ0v) is 36.1. The summed E-state index contributed by atoms with van der Waals surface area (Å²) in [6.07, 6.45) is 58.8. The number of unbranched alkanes of at least 4 members (excludes halogenated alkanes) is 37. The third-order valence-corrected chi connectivity index (χ3v) is 11.2. The minimum Gasteiger partial charge on any atom is -0.412 e. The summed E-state index contributed by atoms with van der Waals surface area (Å²) in [7, 11) is 0. The molecule has 314 valence electrons. The van der Waals surface area contributed by atoms with Crippen LogP contribution in [0.1, 0.15) is 292 Å². The largest absolute Gasteiger partial charge is 0.412 e. The molecule has 0 aliphatic rings. The van der Waals surface area contributed by atoms with Crippen LogP contribution in [-0.4, -0.2) is 28.9 Å². The molecule has 0 saturated carbocycles. The molecule has 0 heterocycles. The van der Waals surface area contributed by atoms with E-state index in [1.807, 2.05) is 0 Å². The number of rotatable bonds is 43. The Labute approximate surface area is 325 Å². The van der Waals surface area contributed by atoms with E-state index in [1.165, 1.54) is 263 Å². The summed E-state index contributed by atoms with van der Waals surface area (Å²) in [5.74, 6) is 0.574. The van der Waals surface area contributed by atoms with Crippen LogP contribution in [0.2, 0.25) is 0 Å². The fraction of sp³-hybridized carbons (Fsp3) is 1.00. The van der Waals surface area contributed by atoms with Gasteiger partial charge < -0.3 is 15.7 Å². The molecular formula is C48H104O3. The highest BCUT2D eigenvalue weighted by molar-refractivity contribution is 4.60. The monoisotopic (exact) mass is 730 g/mol. The van der Waals surface area contributed by atoms with Crippen molar-refractivity contribution in [2.24, 2.45) is 5.92 Å². The van der Waals surface area contributed by atoms with Crippen molar-refractivity contribution in [2.75, 3.05) is 13.2 Å². The molecule has 0 spiro atoms. The lowest BCUT2D eigenvalue weighted by atomic mass is 9.94. The highest BCUT2D eigenvalue weighted by Gasteiger charge is 2.07. The normalized spacial score (nSPS) is 11.7. The predicted molar refractivity (Wildman–Crippen MR) is 234 cm³/mol. The molecule has 0 fully saturated rings. The topological polar surface area (TPSA) is 72.0 Å². The third-order valence-electron chi connectivity index (χ3n) is 11.2. The molecule has 0 saturated heterocycles. The molecule has 0 bridgehead atoms. The maximum absolute atomic E-state index is 9.71. The van der Waals surface area contributed by atoms with E-state index in [2.05, 4.69) is 20.8 Å². The van der Waals surface area contributed by atoms with E-state index in [0.29, 0.717) is 19.1 Å². The first kappa shape index (κ1) is 55.2. The summed E-state index contributed by atoms with van der Waals surface area (Å²) < 4.78 is 0. The Morgan fingerprint density at radius 2 is 0.451 bits per heavy atom. The number of aliphatic hydroxyl groups excluding tert-OH is 2. The highest BCUT2D eigenvalue weighted by atomic mass is 16.3. The Hall–Kier alpha value is -0.120. The van der Waals surface area contributed by atoms with E-state index in [0.717, 1.165) is 6.42 Å². The van der Waals surface area contributed by atoms with Crippen molar-refractivity contribution in [3.05, 3.63) is 0 Å². The van der Waals surface area contributed by atoms with Gasteiger partial charge in [-0.25, -0.2) is 0 Å². The standard InChI is InChI=1S/C32H66O.C16H34O.H2O.H2/c1-3-5-7-9-11-13-15-17-18-20-22-24-26-28-30-32(31-33)29-27-25-23-21-19-16-14-12-10-8-6-4-2;1-2-3-4-5-6-7-8-9-10-11-12-13-14-15-16-17;;/h32-33H,3-31H2,1-2H3;17H,2-16H2,1H3;1H2;1H/i;;;1+1. The lowest BCUT2D eigenvalue weighted by Gasteiger charge is -2.13. The van der Waals surface area contributed by atoms with Gasteiger partial charge in [-0.1, -0.05) is 271 Å². The van der Waals surface area contributed by atoms with Gasteiger partial charge in [-0.3, -0.25) is 0 Å². The first-order valence-electron chi connectivity index (χ1n) is 24.0. The van der Waals surface area contributed by atoms with Crippen LogP contribution in [0.4, 0.5) is 0 Å². The molecule has 3 heteroatoms. The zero-order chi connectivity index (χ0) is 36.7. The number of hydrogen-bond donors (Lipinski definition) is 2. The molecule has 3 nitrogen and oxygen atoms in total. The maximum atomic E-state index is 9.71. The summed E-state index contributed by atoms with van der Waals surface area (Å²) in [5, 5.41) is 18.4. The van der Waals surface area contributed by atoms with Crippen LogP contribution in [0.5, 0.6) is 0 Å². The minimum absolute atomic E-state index is 0. The summed E-state index contributed by atoms with van der Waals surface area (Å²) >= 11 is 0. The number of hydrogen-bond acceptors (Lipinski definition) is 2. The van der Waals surface area contributed by atoms with E-state index in [4.69, 9.17) is 5.11 Å². The smallest absolute Gasteiger partial charge is 0.0459 e. The van der Waals surface area contributed by atoms with Crippen LogP contribution < -0.4 is 0 Å². The predicted octanol–water partition coefficient (Wildman–Crippen LogP) is 16.4. The van der Waals surface area contributed by atoms with Crippen LogP contribution in [0.25, 0.3) is 0 Å². The molecule has 0 aromatic heterocycles. The van der Waals surface area contributed by atoms with E-state index >= 15 is 0 Å². The second-order valence-corrected chi connectivity index (χ2v) is 16.4. The number of aliphatic hydroxyl groups is 2. The minimum atomic E-state index is 0. The fourth-order valence-corrected chi connectivity index (χ4v) is 7.53. The second-order valence-electron chi connectivity index (χ2n) is 16.4. The third kappa shape index (κ3) is 54.3. The molecule has 1 unspecified atom stereocenters. The summed E-state index contributed by atoms with van der Waals surface area (Å²) in [5.41, 5.74) is 0. The van der Waals surface area contributed by atoms with Gasteiger partial charge in [0.05, 0.1) is 0 Å². The van der Waals surface area contributed by atoms with Crippen molar-refractivity contribution < 1.29 is 17.1 Å². The molecule has 0 aliphatic heterocycles. The average Bonchev–Trinajstić information content (AvgIpc) is 3.13. The highest BCUT2D eigenvalue weighted by Crippen LogP contribution is 2.20. The Kier molecular flexibility index (Phi) is 58.7. The van der Waals surface area contributed by atoms with E-state index < -0.39 is 0 Å². The average molecular weight is 730 g/mol. The first-order chi connectivity index (χ1) is 24.8. The maximum Gasteiger partial charge on any atom is 0.0459 e. The zero-order valence-electron chi connectivity index (χ0n) is 36.1. The lowest BCUT2D eigenvalue weighted by Crippen LogP contribution is -2.06. The van der Waals surface area contributed by atoms with Crippen molar-refractivity contribution in [3.63, 3.8) is 0 Å². The summed E-state index contributed by atoms with van der Waals surface area (Å²) in [6.45, 7) is 7.66. The van der Waals surface area contributed by atoms with Crippen molar-refractivity contribution in [3.8, 4) is 0 Å². The molecule has 0 rings (SSSR count). The summed E-state index contributed by atoms with van der Waals surface area (Å²) in [6, 6.07) is 0. The van der Waals surface area contributed by atoms with Gasteiger partial charge in [-0.15, -0.1) is 0 Å². The van der Waals surface area contributed by atoms with Crippen LogP contribution in [0, 0.1) is 5.92 Å². The molecule has 4 N–H and O–H groups in total. The fourth-order valence-electron chi connectivity index (χ4n) is 7.53. The van der Waals surface area contributed by atoms with Gasteiger partial charge >= 0.3 is 0 Å². The SMILES string of the molecule is CCCCCCCCCCCCCCCCC(CO)CCCCCCCCCCCCCC.CCCCCCCCCCCCCCCCO.O.[2HH]. The van der Waals surface area contributed by atoms with Gasteiger partial charge in [-0.05, 0) is 25.2 Å². The molecule has 0 aliphatic carbocycles. The van der Waals surface area contributed by atoms with Crippen molar-refractivity contribution in [1.29, 1.82) is 0 Å². The molecule has 1 atom stereocenters. The lowest BCUT2D eigenvalue weighted by molar-refractivity contribution is 0.204. The van der Waals surface area contributed by atoms with Gasteiger partial charge in [0.2, 0.25) is 0 Å². The van der Waals surface area contributed by atoms with Gasteiger partial charge in [0.15, 0.2) is 0 Å². The van der Waals surface area contributed by atoms with Crippen molar-refractivity contribution in [2.45, 2.75) is 290 Å². The quantitative estimate of drug-likeness (QED) is 0.0613. The second kappa shape index (κ2) is 54.2. The van der Waals surface area contributed by atoms with Crippen LogP contribution in [-0.2, 0) is 0 Å². The van der Waals surface area contributed by atoms with E-state index in [1.54, 1.807) is 0 Å². The molecule has 0 amide bonds. The molecule has 0 aromatic rings. The Bertz CT molecular complexity index is 532. The van der Waals surface area contributed by atoms with Gasteiger partial charge in [0.25, 0.3) is 0 Å². The Balaban J connectivity index is -0.000000514. The van der Waals surface area contributed by atoms with Crippen molar-refractivity contribution in [1.82, 2.24) is 0 Å². The van der Waals surface area contributed by atoms with Gasteiger partial charge in [-0.2, -0.15) is 0 Å². The van der Waals surface area contributed by atoms with Gasteiger partial charge in [0.1, 0.15) is 0 Å². The van der Waals surface area contributed by atoms with E-state index in [9.17, 15) is 5.11 Å². The van der Waals surface area contributed by atoms with Crippen LogP contribution in [0.3, 0.4) is 0 Å². The van der Waals surface area contributed by atoms with E-state index in [-0.39, 0.29) is 6.90 Å². The van der Waals surface area contributed by atoms with Crippen LogP contribution in [0.15, 0.2) is 0 Å². The molecule has 0 aromatic carbocycles. The Morgan fingerprint density at radius 1 is 0.275 bits per heavy atom. The molecular weight excluding hydrogens is 625 g/mol. The Morgan fingerprint density at radius 3 is 0.627 bits per heavy atom. The summed E-state index contributed by atoms with van der Waals surface area (Å²) in [4.78, 5) is 0.